The van der Waals surface area contributed by atoms with E-state index in [1.807, 2.05) is 26.0 Å². The molecule has 0 saturated carbocycles. The van der Waals surface area contributed by atoms with Gasteiger partial charge in [-0.15, -0.1) is 0 Å². The Hall–Kier alpha value is -1.59. The van der Waals surface area contributed by atoms with E-state index in [9.17, 15) is 4.79 Å². The number of carbonyl (C=O) groups excluding carboxylic acids is 1. The van der Waals surface area contributed by atoms with Crippen molar-refractivity contribution in [3.63, 3.8) is 0 Å². The molecule has 1 aromatic carbocycles. The molecule has 0 aliphatic carbocycles. The van der Waals surface area contributed by atoms with Crippen molar-refractivity contribution in [2.24, 2.45) is 0 Å². The molecule has 21 heavy (non-hydrogen) atoms. The quantitative estimate of drug-likeness (QED) is 0.794. The van der Waals surface area contributed by atoms with E-state index in [2.05, 4.69) is 4.90 Å². The van der Waals surface area contributed by atoms with Gasteiger partial charge in [-0.25, -0.2) is 0 Å². The van der Waals surface area contributed by atoms with Crippen molar-refractivity contribution < 1.29 is 19.0 Å². The van der Waals surface area contributed by atoms with Crippen LogP contribution in [-0.4, -0.2) is 55.7 Å². The third kappa shape index (κ3) is 3.36. The SMILES string of the molecule is CC1CN(CC(=O)c2ccc3c(c2)OCCO3)CC(C)O1. The van der Waals surface area contributed by atoms with Gasteiger partial charge in [0, 0.05) is 18.7 Å². The Kier molecular flexibility index (Phi) is 4.12. The van der Waals surface area contributed by atoms with Gasteiger partial charge in [0.15, 0.2) is 17.3 Å². The molecule has 2 aliphatic rings. The number of ether oxygens (including phenoxy) is 3. The van der Waals surface area contributed by atoms with Crippen LogP contribution < -0.4 is 9.47 Å². The topological polar surface area (TPSA) is 48.0 Å². The van der Waals surface area contributed by atoms with Gasteiger partial charge in [-0.05, 0) is 32.0 Å². The second-order valence-electron chi connectivity index (χ2n) is 5.73. The Morgan fingerprint density at radius 1 is 1.14 bits per heavy atom. The number of benzene rings is 1. The number of rotatable bonds is 3. The van der Waals surface area contributed by atoms with E-state index in [1.165, 1.54) is 0 Å². The zero-order valence-electron chi connectivity index (χ0n) is 12.5. The molecule has 0 spiro atoms. The minimum atomic E-state index is 0.105. The summed E-state index contributed by atoms with van der Waals surface area (Å²) in [7, 11) is 0. The van der Waals surface area contributed by atoms with Crippen LogP contribution in [0.3, 0.4) is 0 Å². The van der Waals surface area contributed by atoms with Crippen LogP contribution in [0.25, 0.3) is 0 Å². The Morgan fingerprint density at radius 3 is 2.52 bits per heavy atom. The molecule has 2 unspecified atom stereocenters. The van der Waals surface area contributed by atoms with Gasteiger partial charge in [0.2, 0.25) is 0 Å². The first-order chi connectivity index (χ1) is 10.1. The Balaban J connectivity index is 1.67. The first-order valence-electron chi connectivity index (χ1n) is 7.42. The predicted molar refractivity (Wildman–Crippen MR) is 78.2 cm³/mol. The summed E-state index contributed by atoms with van der Waals surface area (Å²) >= 11 is 0. The molecule has 0 bridgehead atoms. The number of hydrogen-bond acceptors (Lipinski definition) is 5. The van der Waals surface area contributed by atoms with Gasteiger partial charge in [-0.2, -0.15) is 0 Å². The van der Waals surface area contributed by atoms with Crippen molar-refractivity contribution in [1.82, 2.24) is 4.90 Å². The second kappa shape index (κ2) is 6.03. The first kappa shape index (κ1) is 14.4. The second-order valence-corrected chi connectivity index (χ2v) is 5.73. The molecule has 3 rings (SSSR count). The zero-order valence-corrected chi connectivity index (χ0v) is 12.5. The fourth-order valence-corrected chi connectivity index (χ4v) is 2.92. The van der Waals surface area contributed by atoms with Crippen molar-refractivity contribution >= 4 is 5.78 Å². The normalized spacial score (nSPS) is 25.6. The fourth-order valence-electron chi connectivity index (χ4n) is 2.92. The summed E-state index contributed by atoms with van der Waals surface area (Å²) in [4.78, 5) is 14.6. The maximum atomic E-state index is 12.4. The monoisotopic (exact) mass is 291 g/mol. The molecular formula is C16H21NO4. The maximum Gasteiger partial charge on any atom is 0.176 e. The van der Waals surface area contributed by atoms with Crippen LogP contribution >= 0.6 is 0 Å². The summed E-state index contributed by atoms with van der Waals surface area (Å²) < 4.78 is 16.7. The smallest absolute Gasteiger partial charge is 0.176 e. The summed E-state index contributed by atoms with van der Waals surface area (Å²) in [6.45, 7) is 7.17. The standard InChI is InChI=1S/C16H21NO4/c1-11-8-17(9-12(2)21-11)10-14(18)13-3-4-15-16(7-13)20-6-5-19-15/h3-4,7,11-12H,5-6,8-10H2,1-2H3. The van der Waals surface area contributed by atoms with Gasteiger partial charge < -0.3 is 14.2 Å². The number of morpholine rings is 1. The molecule has 2 aliphatic heterocycles. The van der Waals surface area contributed by atoms with Crippen molar-refractivity contribution in [1.29, 1.82) is 0 Å². The van der Waals surface area contributed by atoms with Gasteiger partial charge >= 0.3 is 0 Å². The van der Waals surface area contributed by atoms with E-state index in [4.69, 9.17) is 14.2 Å². The summed E-state index contributed by atoms with van der Waals surface area (Å²) in [5.74, 6) is 1.48. The van der Waals surface area contributed by atoms with Crippen LogP contribution in [0.4, 0.5) is 0 Å². The van der Waals surface area contributed by atoms with E-state index in [1.54, 1.807) is 6.07 Å². The highest BCUT2D eigenvalue weighted by molar-refractivity contribution is 5.98. The molecule has 5 nitrogen and oxygen atoms in total. The largest absolute Gasteiger partial charge is 0.486 e. The average molecular weight is 291 g/mol. The fraction of sp³-hybridized carbons (Fsp3) is 0.562. The minimum Gasteiger partial charge on any atom is -0.486 e. The number of ketones is 1. The zero-order chi connectivity index (χ0) is 14.8. The molecule has 0 aromatic heterocycles. The van der Waals surface area contributed by atoms with Crippen molar-refractivity contribution in [3.8, 4) is 11.5 Å². The molecule has 1 aromatic rings. The Bertz CT molecular complexity index is 521. The summed E-state index contributed by atoms with van der Waals surface area (Å²) in [6.07, 6.45) is 0.337. The minimum absolute atomic E-state index is 0.105. The lowest BCUT2D eigenvalue weighted by molar-refractivity contribution is -0.0652. The summed E-state index contributed by atoms with van der Waals surface area (Å²) in [6, 6.07) is 5.40. The highest BCUT2D eigenvalue weighted by Gasteiger charge is 2.24. The molecule has 114 valence electrons. The molecule has 1 saturated heterocycles. The van der Waals surface area contributed by atoms with Gasteiger partial charge in [0.05, 0.1) is 18.8 Å². The first-order valence-corrected chi connectivity index (χ1v) is 7.42. The molecular weight excluding hydrogens is 270 g/mol. The van der Waals surface area contributed by atoms with Gasteiger partial charge in [-0.3, -0.25) is 9.69 Å². The summed E-state index contributed by atoms with van der Waals surface area (Å²) in [5.41, 5.74) is 0.672. The van der Waals surface area contributed by atoms with Gasteiger partial charge in [-0.1, -0.05) is 0 Å². The Morgan fingerprint density at radius 2 is 1.81 bits per heavy atom. The molecule has 1 fully saturated rings. The number of hydrogen-bond donors (Lipinski definition) is 0. The third-order valence-electron chi connectivity index (χ3n) is 3.73. The maximum absolute atomic E-state index is 12.4. The van der Waals surface area contributed by atoms with Crippen LogP contribution in [-0.2, 0) is 4.74 Å². The molecule has 5 heteroatoms. The number of Topliss-reactive ketones (excluding diaryl/α,β-unsaturated/α-hetero) is 1. The van der Waals surface area contributed by atoms with Crippen LogP contribution in [0.1, 0.15) is 24.2 Å². The van der Waals surface area contributed by atoms with Crippen LogP contribution in [0.15, 0.2) is 18.2 Å². The van der Waals surface area contributed by atoms with E-state index in [0.717, 1.165) is 13.1 Å². The Labute approximate surface area is 124 Å². The van der Waals surface area contributed by atoms with Crippen LogP contribution in [0, 0.1) is 0 Å². The number of carbonyl (C=O) groups is 1. The van der Waals surface area contributed by atoms with E-state index >= 15 is 0 Å². The molecule has 2 atom stereocenters. The molecule has 0 radical (unpaired) electrons. The lowest BCUT2D eigenvalue weighted by atomic mass is 10.1. The van der Waals surface area contributed by atoms with Crippen molar-refractivity contribution in [2.45, 2.75) is 26.1 Å². The van der Waals surface area contributed by atoms with Crippen molar-refractivity contribution in [3.05, 3.63) is 23.8 Å². The average Bonchev–Trinajstić information content (AvgIpc) is 2.45. The molecule has 0 N–H and O–H groups in total. The highest BCUT2D eigenvalue weighted by Crippen LogP contribution is 2.30. The van der Waals surface area contributed by atoms with Crippen molar-refractivity contribution in [2.75, 3.05) is 32.8 Å². The number of fused-ring (bicyclic) bond motifs is 1. The van der Waals surface area contributed by atoms with Crippen LogP contribution in [0.2, 0.25) is 0 Å². The third-order valence-corrected chi connectivity index (χ3v) is 3.73. The number of nitrogens with zero attached hydrogens (tertiary/aromatic N) is 1. The van der Waals surface area contributed by atoms with E-state index in [0.29, 0.717) is 36.8 Å². The lowest BCUT2D eigenvalue weighted by Crippen LogP contribution is -2.47. The summed E-state index contributed by atoms with van der Waals surface area (Å²) in [5, 5.41) is 0. The highest BCUT2D eigenvalue weighted by atomic mass is 16.6. The molecule has 2 heterocycles. The van der Waals surface area contributed by atoms with Gasteiger partial charge in [0.1, 0.15) is 13.2 Å². The molecule has 0 amide bonds. The predicted octanol–water partition coefficient (Wildman–Crippen LogP) is 1.75. The van der Waals surface area contributed by atoms with E-state index in [-0.39, 0.29) is 18.0 Å². The van der Waals surface area contributed by atoms with E-state index < -0.39 is 0 Å². The van der Waals surface area contributed by atoms with Crippen LogP contribution in [0.5, 0.6) is 11.5 Å². The lowest BCUT2D eigenvalue weighted by Gasteiger charge is -2.34. The van der Waals surface area contributed by atoms with Gasteiger partial charge in [0.25, 0.3) is 0 Å².